The van der Waals surface area contributed by atoms with E-state index in [2.05, 4.69) is 0 Å². The lowest BCUT2D eigenvalue weighted by Gasteiger charge is -2.33. The van der Waals surface area contributed by atoms with E-state index < -0.39 is 17.4 Å². The zero-order valence-corrected chi connectivity index (χ0v) is 11.0. The fraction of sp³-hybridized carbons (Fsp3) is 0.769. The van der Waals surface area contributed by atoms with Crippen molar-refractivity contribution in [3.8, 4) is 0 Å². The van der Waals surface area contributed by atoms with Crippen molar-refractivity contribution < 1.29 is 23.9 Å². The Balaban J connectivity index is 2.76. The molecule has 1 saturated carbocycles. The standard InChI is InChI=1S/C13H20O5/c1-3-17-12(16)13(8-9-18-10(2)14)7-5-4-6-11(13)15/h3-9H2,1-2H3/t13-/m0/s1. The van der Waals surface area contributed by atoms with Crippen LogP contribution in [0.15, 0.2) is 0 Å². The number of rotatable bonds is 5. The second kappa shape index (κ2) is 6.52. The Morgan fingerprint density at radius 3 is 2.56 bits per heavy atom. The largest absolute Gasteiger partial charge is 0.466 e. The van der Waals surface area contributed by atoms with Crippen LogP contribution >= 0.6 is 0 Å². The fourth-order valence-corrected chi connectivity index (χ4v) is 2.31. The van der Waals surface area contributed by atoms with Gasteiger partial charge < -0.3 is 9.47 Å². The van der Waals surface area contributed by atoms with Gasteiger partial charge in [-0.05, 0) is 19.8 Å². The van der Waals surface area contributed by atoms with Crippen molar-refractivity contribution in [2.75, 3.05) is 13.2 Å². The lowest BCUT2D eigenvalue weighted by Crippen LogP contribution is -2.43. The van der Waals surface area contributed by atoms with Gasteiger partial charge in [0.1, 0.15) is 11.2 Å². The predicted molar refractivity (Wildman–Crippen MR) is 63.8 cm³/mol. The number of ether oxygens (including phenoxy) is 2. The van der Waals surface area contributed by atoms with Gasteiger partial charge in [0.05, 0.1) is 13.2 Å². The van der Waals surface area contributed by atoms with Crippen molar-refractivity contribution in [3.63, 3.8) is 0 Å². The number of hydrogen-bond donors (Lipinski definition) is 0. The summed E-state index contributed by atoms with van der Waals surface area (Å²) in [7, 11) is 0. The van der Waals surface area contributed by atoms with Crippen LogP contribution in [0.5, 0.6) is 0 Å². The lowest BCUT2D eigenvalue weighted by molar-refractivity contribution is -0.165. The molecule has 0 N–H and O–H groups in total. The summed E-state index contributed by atoms with van der Waals surface area (Å²) in [4.78, 5) is 34.8. The van der Waals surface area contributed by atoms with Crippen LogP contribution < -0.4 is 0 Å². The molecule has 0 amide bonds. The Hall–Kier alpha value is -1.39. The van der Waals surface area contributed by atoms with Gasteiger partial charge in [-0.15, -0.1) is 0 Å². The first kappa shape index (κ1) is 14.7. The first-order valence-electron chi connectivity index (χ1n) is 6.37. The molecule has 5 nitrogen and oxygen atoms in total. The number of Topliss-reactive ketones (excluding diaryl/α,β-unsaturated/α-hetero) is 1. The van der Waals surface area contributed by atoms with Gasteiger partial charge in [-0.3, -0.25) is 14.4 Å². The number of esters is 2. The van der Waals surface area contributed by atoms with Gasteiger partial charge in [0, 0.05) is 19.8 Å². The summed E-state index contributed by atoms with van der Waals surface area (Å²) in [5.41, 5.74) is -1.09. The molecule has 0 aromatic rings. The van der Waals surface area contributed by atoms with Crippen LogP contribution in [0, 0.1) is 5.41 Å². The van der Waals surface area contributed by atoms with Crippen LogP contribution in [0.1, 0.15) is 46.0 Å². The van der Waals surface area contributed by atoms with Gasteiger partial charge in [0.15, 0.2) is 0 Å². The molecule has 1 fully saturated rings. The van der Waals surface area contributed by atoms with Crippen molar-refractivity contribution in [1.29, 1.82) is 0 Å². The molecule has 0 aromatic carbocycles. The quantitative estimate of drug-likeness (QED) is 0.552. The Bertz CT molecular complexity index is 336. The van der Waals surface area contributed by atoms with E-state index in [4.69, 9.17) is 9.47 Å². The molecule has 5 heteroatoms. The molecule has 1 rings (SSSR count). The van der Waals surface area contributed by atoms with E-state index in [1.807, 2.05) is 0 Å². The SMILES string of the molecule is CCOC(=O)[C@]1(CCOC(C)=O)CCCCC1=O. The first-order chi connectivity index (χ1) is 8.53. The van der Waals surface area contributed by atoms with Crippen molar-refractivity contribution in [2.45, 2.75) is 46.0 Å². The highest BCUT2D eigenvalue weighted by molar-refractivity contribution is 6.04. The molecular formula is C13H20O5. The average Bonchev–Trinajstić information content (AvgIpc) is 2.31. The Labute approximate surface area is 107 Å². The van der Waals surface area contributed by atoms with Gasteiger partial charge in [0.25, 0.3) is 0 Å². The monoisotopic (exact) mass is 256 g/mol. The molecule has 0 spiro atoms. The van der Waals surface area contributed by atoms with E-state index >= 15 is 0 Å². The van der Waals surface area contributed by atoms with Crippen LogP contribution in [0.4, 0.5) is 0 Å². The Morgan fingerprint density at radius 1 is 1.28 bits per heavy atom. The van der Waals surface area contributed by atoms with Gasteiger partial charge >= 0.3 is 11.9 Å². The van der Waals surface area contributed by atoms with Crippen LogP contribution in [0.3, 0.4) is 0 Å². The van der Waals surface area contributed by atoms with Crippen LogP contribution in [0.25, 0.3) is 0 Å². The van der Waals surface area contributed by atoms with Crippen molar-refractivity contribution in [2.24, 2.45) is 5.41 Å². The summed E-state index contributed by atoms with van der Waals surface area (Å²) in [6, 6.07) is 0. The average molecular weight is 256 g/mol. The van der Waals surface area contributed by atoms with E-state index in [-0.39, 0.29) is 25.4 Å². The minimum atomic E-state index is -1.09. The van der Waals surface area contributed by atoms with Crippen molar-refractivity contribution >= 4 is 17.7 Å². The highest BCUT2D eigenvalue weighted by atomic mass is 16.5. The highest BCUT2D eigenvalue weighted by Crippen LogP contribution is 2.37. The molecule has 102 valence electrons. The molecule has 0 aliphatic heterocycles. The van der Waals surface area contributed by atoms with Gasteiger partial charge in [-0.1, -0.05) is 6.42 Å². The zero-order chi connectivity index (χ0) is 13.6. The summed E-state index contributed by atoms with van der Waals surface area (Å²) in [6.07, 6.45) is 2.76. The molecule has 0 radical (unpaired) electrons. The summed E-state index contributed by atoms with van der Waals surface area (Å²) in [5.74, 6) is -0.960. The molecule has 1 aliphatic rings. The maximum atomic E-state index is 12.1. The molecule has 0 saturated heterocycles. The van der Waals surface area contributed by atoms with Gasteiger partial charge in [0.2, 0.25) is 0 Å². The topological polar surface area (TPSA) is 69.7 Å². The van der Waals surface area contributed by atoms with E-state index in [0.717, 1.165) is 12.8 Å². The van der Waals surface area contributed by atoms with Crippen LogP contribution in [-0.4, -0.2) is 30.9 Å². The third-order valence-electron chi connectivity index (χ3n) is 3.29. The minimum absolute atomic E-state index is 0.0832. The van der Waals surface area contributed by atoms with Crippen LogP contribution in [-0.2, 0) is 23.9 Å². The molecule has 18 heavy (non-hydrogen) atoms. The number of ketones is 1. The summed E-state index contributed by atoms with van der Waals surface area (Å²) < 4.78 is 9.86. The predicted octanol–water partition coefficient (Wildman–Crippen LogP) is 1.63. The minimum Gasteiger partial charge on any atom is -0.466 e. The second-order valence-electron chi connectivity index (χ2n) is 4.52. The molecule has 0 aromatic heterocycles. The highest BCUT2D eigenvalue weighted by Gasteiger charge is 2.47. The summed E-state index contributed by atoms with van der Waals surface area (Å²) in [6.45, 7) is 3.35. The molecule has 1 atom stereocenters. The third-order valence-corrected chi connectivity index (χ3v) is 3.29. The third kappa shape index (κ3) is 3.31. The zero-order valence-electron chi connectivity index (χ0n) is 11.0. The maximum Gasteiger partial charge on any atom is 0.319 e. The van der Waals surface area contributed by atoms with E-state index in [1.54, 1.807) is 6.92 Å². The Morgan fingerprint density at radius 2 is 2.00 bits per heavy atom. The van der Waals surface area contributed by atoms with E-state index in [0.29, 0.717) is 12.8 Å². The smallest absolute Gasteiger partial charge is 0.319 e. The molecule has 0 heterocycles. The number of carbonyl (C=O) groups excluding carboxylic acids is 3. The number of carbonyl (C=O) groups is 3. The van der Waals surface area contributed by atoms with Crippen LogP contribution in [0.2, 0.25) is 0 Å². The lowest BCUT2D eigenvalue weighted by atomic mass is 9.71. The van der Waals surface area contributed by atoms with Gasteiger partial charge in [-0.2, -0.15) is 0 Å². The van der Waals surface area contributed by atoms with E-state index in [1.165, 1.54) is 6.92 Å². The summed E-state index contributed by atoms with van der Waals surface area (Å²) in [5, 5.41) is 0. The van der Waals surface area contributed by atoms with Gasteiger partial charge in [-0.25, -0.2) is 0 Å². The Kier molecular flexibility index (Phi) is 5.31. The number of hydrogen-bond acceptors (Lipinski definition) is 5. The second-order valence-corrected chi connectivity index (χ2v) is 4.52. The maximum absolute atomic E-state index is 12.1. The van der Waals surface area contributed by atoms with E-state index in [9.17, 15) is 14.4 Å². The summed E-state index contributed by atoms with van der Waals surface area (Å²) >= 11 is 0. The molecule has 1 aliphatic carbocycles. The van der Waals surface area contributed by atoms with Crippen molar-refractivity contribution in [3.05, 3.63) is 0 Å². The first-order valence-corrected chi connectivity index (χ1v) is 6.37. The molecule has 0 bridgehead atoms. The molecular weight excluding hydrogens is 236 g/mol. The van der Waals surface area contributed by atoms with Crippen molar-refractivity contribution in [1.82, 2.24) is 0 Å². The fourth-order valence-electron chi connectivity index (χ4n) is 2.31. The normalized spacial score (nSPS) is 23.6. The molecule has 0 unspecified atom stereocenters.